The Labute approximate surface area is 159 Å². The van der Waals surface area contributed by atoms with Gasteiger partial charge in [0.2, 0.25) is 5.95 Å². The van der Waals surface area contributed by atoms with E-state index < -0.39 is 0 Å². The van der Waals surface area contributed by atoms with E-state index >= 15 is 0 Å². The molecule has 3 aromatic rings. The van der Waals surface area contributed by atoms with Crippen molar-refractivity contribution < 1.29 is 4.79 Å². The standard InChI is InChI=1S/C22H24N4O/c1-15(2)18-10-6-7-11-19(18)25-21(27)20-12-13-23-22(26-20)24-14-17-9-5-4-8-16(17)3/h4-13,15H,14H2,1-3H3,(H,25,27)(H,23,24,26). The average Bonchev–Trinajstić information content (AvgIpc) is 2.68. The fourth-order valence-electron chi connectivity index (χ4n) is 2.85. The number of nitrogens with one attached hydrogen (secondary N) is 2. The first kappa shape index (κ1) is 18.6. The summed E-state index contributed by atoms with van der Waals surface area (Å²) in [6, 6.07) is 17.6. The number of nitrogens with zero attached hydrogens (tertiary/aromatic N) is 2. The Morgan fingerprint density at radius 1 is 1.04 bits per heavy atom. The van der Waals surface area contributed by atoms with Gasteiger partial charge in [-0.2, -0.15) is 0 Å². The number of para-hydroxylation sites is 1. The van der Waals surface area contributed by atoms with Gasteiger partial charge in [-0.15, -0.1) is 0 Å². The molecule has 138 valence electrons. The monoisotopic (exact) mass is 360 g/mol. The van der Waals surface area contributed by atoms with Crippen molar-refractivity contribution in [3.8, 4) is 0 Å². The van der Waals surface area contributed by atoms with Crippen LogP contribution in [0.25, 0.3) is 0 Å². The van der Waals surface area contributed by atoms with Crippen LogP contribution >= 0.6 is 0 Å². The fourth-order valence-corrected chi connectivity index (χ4v) is 2.85. The largest absolute Gasteiger partial charge is 0.350 e. The summed E-state index contributed by atoms with van der Waals surface area (Å²) < 4.78 is 0. The van der Waals surface area contributed by atoms with Crippen molar-refractivity contribution >= 4 is 17.5 Å². The highest BCUT2D eigenvalue weighted by atomic mass is 16.1. The van der Waals surface area contributed by atoms with Gasteiger partial charge < -0.3 is 10.6 Å². The van der Waals surface area contributed by atoms with Gasteiger partial charge in [0.05, 0.1) is 0 Å². The first-order valence-corrected chi connectivity index (χ1v) is 9.06. The number of hydrogen-bond acceptors (Lipinski definition) is 4. The summed E-state index contributed by atoms with van der Waals surface area (Å²) in [6.07, 6.45) is 1.59. The molecule has 0 unspecified atom stereocenters. The smallest absolute Gasteiger partial charge is 0.274 e. The maximum Gasteiger partial charge on any atom is 0.274 e. The second kappa shape index (κ2) is 8.45. The SMILES string of the molecule is Cc1ccccc1CNc1nccc(C(=O)Nc2ccccc2C(C)C)n1. The third-order valence-electron chi connectivity index (χ3n) is 4.42. The molecule has 5 heteroatoms. The lowest BCUT2D eigenvalue weighted by Crippen LogP contribution is -2.16. The predicted molar refractivity (Wildman–Crippen MR) is 109 cm³/mol. The lowest BCUT2D eigenvalue weighted by Gasteiger charge is -2.13. The summed E-state index contributed by atoms with van der Waals surface area (Å²) in [5.41, 5.74) is 4.60. The number of hydrogen-bond donors (Lipinski definition) is 2. The van der Waals surface area contributed by atoms with E-state index in [2.05, 4.69) is 53.5 Å². The number of carbonyl (C=O) groups is 1. The molecule has 3 rings (SSSR count). The number of aromatic nitrogens is 2. The van der Waals surface area contributed by atoms with Crippen molar-refractivity contribution in [1.29, 1.82) is 0 Å². The van der Waals surface area contributed by atoms with Gasteiger partial charge in [0.15, 0.2) is 0 Å². The molecule has 0 aliphatic carbocycles. The van der Waals surface area contributed by atoms with E-state index in [1.807, 2.05) is 36.4 Å². The van der Waals surface area contributed by atoms with E-state index in [0.29, 0.717) is 24.1 Å². The van der Waals surface area contributed by atoms with Crippen molar-refractivity contribution in [2.45, 2.75) is 33.2 Å². The molecular weight excluding hydrogens is 336 g/mol. The molecule has 5 nitrogen and oxygen atoms in total. The first-order chi connectivity index (χ1) is 13.0. The van der Waals surface area contributed by atoms with E-state index in [0.717, 1.165) is 11.3 Å². The van der Waals surface area contributed by atoms with Crippen LogP contribution in [-0.2, 0) is 6.54 Å². The molecule has 0 fully saturated rings. The van der Waals surface area contributed by atoms with E-state index in [1.54, 1.807) is 12.3 Å². The van der Waals surface area contributed by atoms with Crippen LogP contribution in [0.3, 0.4) is 0 Å². The third-order valence-corrected chi connectivity index (χ3v) is 4.42. The van der Waals surface area contributed by atoms with E-state index in [1.165, 1.54) is 11.1 Å². The molecule has 0 radical (unpaired) electrons. The Hall–Kier alpha value is -3.21. The van der Waals surface area contributed by atoms with Crippen LogP contribution in [-0.4, -0.2) is 15.9 Å². The van der Waals surface area contributed by atoms with Crippen LogP contribution in [0.5, 0.6) is 0 Å². The molecule has 1 amide bonds. The Bertz CT molecular complexity index is 937. The van der Waals surface area contributed by atoms with E-state index in [9.17, 15) is 4.79 Å². The van der Waals surface area contributed by atoms with E-state index in [-0.39, 0.29) is 5.91 Å². The topological polar surface area (TPSA) is 66.9 Å². The van der Waals surface area contributed by atoms with E-state index in [4.69, 9.17) is 0 Å². The van der Waals surface area contributed by atoms with Gasteiger partial charge in [0.1, 0.15) is 5.69 Å². The second-order valence-electron chi connectivity index (χ2n) is 6.74. The first-order valence-electron chi connectivity index (χ1n) is 9.06. The zero-order chi connectivity index (χ0) is 19.2. The minimum atomic E-state index is -0.246. The maximum absolute atomic E-state index is 12.6. The van der Waals surface area contributed by atoms with Gasteiger partial charge in [-0.1, -0.05) is 56.3 Å². The Morgan fingerprint density at radius 2 is 1.78 bits per heavy atom. The minimum absolute atomic E-state index is 0.246. The molecule has 1 heterocycles. The van der Waals surface area contributed by atoms with Crippen molar-refractivity contribution in [1.82, 2.24) is 9.97 Å². The number of amides is 1. The van der Waals surface area contributed by atoms with Gasteiger partial charge in [-0.25, -0.2) is 9.97 Å². The summed E-state index contributed by atoms with van der Waals surface area (Å²) in [5.74, 6) is 0.505. The molecule has 2 aromatic carbocycles. The lowest BCUT2D eigenvalue weighted by molar-refractivity contribution is 0.102. The molecule has 0 aliphatic heterocycles. The van der Waals surface area contributed by atoms with Gasteiger partial charge in [-0.05, 0) is 41.7 Å². The van der Waals surface area contributed by atoms with Crippen LogP contribution in [0, 0.1) is 6.92 Å². The maximum atomic E-state index is 12.6. The van der Waals surface area contributed by atoms with Crippen LogP contribution in [0.1, 0.15) is 46.9 Å². The zero-order valence-corrected chi connectivity index (χ0v) is 15.9. The highest BCUT2D eigenvalue weighted by Gasteiger charge is 2.13. The van der Waals surface area contributed by atoms with Gasteiger partial charge in [0.25, 0.3) is 5.91 Å². The van der Waals surface area contributed by atoms with Crippen molar-refractivity contribution in [3.05, 3.63) is 83.2 Å². The third kappa shape index (κ3) is 4.70. The van der Waals surface area contributed by atoms with Crippen molar-refractivity contribution in [2.24, 2.45) is 0 Å². The molecular formula is C22H24N4O. The summed E-state index contributed by atoms with van der Waals surface area (Å²) in [7, 11) is 0. The molecule has 0 saturated heterocycles. The summed E-state index contributed by atoms with van der Waals surface area (Å²) >= 11 is 0. The highest BCUT2D eigenvalue weighted by molar-refractivity contribution is 6.03. The van der Waals surface area contributed by atoms with Crippen LogP contribution in [0.4, 0.5) is 11.6 Å². The fraction of sp³-hybridized carbons (Fsp3) is 0.227. The number of aryl methyl sites for hydroxylation is 1. The van der Waals surface area contributed by atoms with Crippen molar-refractivity contribution in [2.75, 3.05) is 10.6 Å². The second-order valence-corrected chi connectivity index (χ2v) is 6.74. The molecule has 0 aliphatic rings. The Balaban J connectivity index is 1.72. The predicted octanol–water partition coefficient (Wildman–Crippen LogP) is 4.77. The molecule has 0 spiro atoms. The summed E-state index contributed by atoms with van der Waals surface area (Å²) in [4.78, 5) is 21.2. The highest BCUT2D eigenvalue weighted by Crippen LogP contribution is 2.24. The Morgan fingerprint density at radius 3 is 2.56 bits per heavy atom. The van der Waals surface area contributed by atoms with Gasteiger partial charge in [-0.3, -0.25) is 4.79 Å². The van der Waals surface area contributed by atoms with Gasteiger partial charge in [0, 0.05) is 18.4 Å². The number of rotatable bonds is 6. The number of anilines is 2. The minimum Gasteiger partial charge on any atom is -0.350 e. The zero-order valence-electron chi connectivity index (χ0n) is 15.9. The van der Waals surface area contributed by atoms with Crippen molar-refractivity contribution in [3.63, 3.8) is 0 Å². The van der Waals surface area contributed by atoms with Crippen LogP contribution in [0.2, 0.25) is 0 Å². The summed E-state index contributed by atoms with van der Waals surface area (Å²) in [6.45, 7) is 6.87. The number of benzene rings is 2. The van der Waals surface area contributed by atoms with Gasteiger partial charge >= 0.3 is 0 Å². The Kier molecular flexibility index (Phi) is 5.81. The molecule has 1 aromatic heterocycles. The number of carbonyl (C=O) groups excluding carboxylic acids is 1. The molecule has 27 heavy (non-hydrogen) atoms. The van der Waals surface area contributed by atoms with Crippen LogP contribution < -0.4 is 10.6 Å². The molecule has 2 N–H and O–H groups in total. The molecule has 0 bridgehead atoms. The molecule has 0 saturated carbocycles. The molecule has 0 atom stereocenters. The normalized spacial score (nSPS) is 10.7. The lowest BCUT2D eigenvalue weighted by atomic mass is 10.0. The quantitative estimate of drug-likeness (QED) is 0.664. The van der Waals surface area contributed by atoms with Crippen LogP contribution in [0.15, 0.2) is 60.8 Å². The average molecular weight is 360 g/mol. The summed E-state index contributed by atoms with van der Waals surface area (Å²) in [5, 5.41) is 6.15.